The third kappa shape index (κ3) is 7.40. The summed E-state index contributed by atoms with van der Waals surface area (Å²) in [5.74, 6) is -6.92. The number of alkyl halides is 2. The van der Waals surface area contributed by atoms with E-state index < -0.39 is 52.8 Å². The van der Waals surface area contributed by atoms with Crippen molar-refractivity contribution < 1.29 is 44.9 Å². The van der Waals surface area contributed by atoms with Gasteiger partial charge in [-0.3, -0.25) is 0 Å². The number of hydrogen-bond acceptors (Lipinski definition) is 3. The smallest absolute Gasteiger partial charge is 0.429 e. The summed E-state index contributed by atoms with van der Waals surface area (Å²) in [5.41, 5.74) is -0.886. The normalized spacial score (nSPS) is 22.6. The second-order valence-electron chi connectivity index (χ2n) is 11.8. The van der Waals surface area contributed by atoms with Gasteiger partial charge in [0.2, 0.25) is 0 Å². The molecule has 1 aliphatic heterocycles. The predicted octanol–water partition coefficient (Wildman–Crippen LogP) is 10.2. The summed E-state index contributed by atoms with van der Waals surface area (Å²) in [4.78, 5) is 0. The Morgan fingerprint density at radius 1 is 0.750 bits per heavy atom. The molecule has 1 saturated carbocycles. The van der Waals surface area contributed by atoms with Gasteiger partial charge in [-0.2, -0.15) is 8.78 Å². The molecule has 5 rings (SSSR count). The molecule has 0 amide bonds. The van der Waals surface area contributed by atoms with Gasteiger partial charge in [-0.05, 0) is 48.4 Å². The van der Waals surface area contributed by atoms with E-state index in [1.165, 1.54) is 63.5 Å². The van der Waals surface area contributed by atoms with Crippen LogP contribution in [0.2, 0.25) is 0 Å². The van der Waals surface area contributed by atoms with Gasteiger partial charge < -0.3 is 14.2 Å². The van der Waals surface area contributed by atoms with Crippen molar-refractivity contribution in [2.45, 2.75) is 70.7 Å². The average Bonchev–Trinajstić information content (AvgIpc) is 3.00. The Bertz CT molecular complexity index is 1410. The van der Waals surface area contributed by atoms with Gasteiger partial charge in [0.25, 0.3) is 0 Å². The first-order chi connectivity index (χ1) is 21.1. The largest absolute Gasteiger partial charge is 0.429 e. The Hall–Kier alpha value is -3.11. The summed E-state index contributed by atoms with van der Waals surface area (Å²) in [6.07, 6.45) is 4.82. The van der Waals surface area contributed by atoms with Gasteiger partial charge in [0.05, 0.1) is 18.8 Å². The van der Waals surface area contributed by atoms with Gasteiger partial charge in [-0.25, -0.2) is 22.0 Å². The van der Waals surface area contributed by atoms with Crippen molar-refractivity contribution >= 4 is 0 Å². The van der Waals surface area contributed by atoms with Crippen molar-refractivity contribution in [3.05, 3.63) is 88.7 Å². The Morgan fingerprint density at radius 3 is 2.05 bits per heavy atom. The molecule has 10 heteroatoms. The molecule has 0 spiro atoms. The minimum Gasteiger partial charge on any atom is -0.429 e. The van der Waals surface area contributed by atoms with Crippen LogP contribution in [0.25, 0.3) is 11.1 Å². The molecule has 0 aromatic heterocycles. The Kier molecular flexibility index (Phi) is 10.2. The molecule has 0 N–H and O–H groups in total. The molecular formula is C34H35F7O3. The van der Waals surface area contributed by atoms with Gasteiger partial charge in [-0.15, -0.1) is 0 Å². The zero-order valence-corrected chi connectivity index (χ0v) is 24.4. The molecule has 3 aromatic rings. The lowest BCUT2D eigenvalue weighted by Gasteiger charge is -2.38. The number of hydrogen-bond donors (Lipinski definition) is 0. The van der Waals surface area contributed by atoms with Crippen LogP contribution in [0, 0.1) is 46.8 Å². The fourth-order valence-corrected chi connectivity index (χ4v) is 6.24. The van der Waals surface area contributed by atoms with Crippen molar-refractivity contribution in [2.75, 3.05) is 13.2 Å². The molecule has 3 aromatic carbocycles. The number of unbranched alkanes of at least 4 members (excludes halogenated alkanes) is 2. The average molecular weight is 625 g/mol. The number of halogens is 7. The molecule has 2 fully saturated rings. The lowest BCUT2D eigenvalue weighted by atomic mass is 9.74. The van der Waals surface area contributed by atoms with Crippen LogP contribution < -0.4 is 4.74 Å². The summed E-state index contributed by atoms with van der Waals surface area (Å²) in [5, 5.41) is 0. The highest BCUT2D eigenvalue weighted by molar-refractivity contribution is 5.65. The summed E-state index contributed by atoms with van der Waals surface area (Å²) in [6.45, 7) is 3.25. The first kappa shape index (κ1) is 32.3. The van der Waals surface area contributed by atoms with Crippen molar-refractivity contribution in [3.63, 3.8) is 0 Å². The van der Waals surface area contributed by atoms with E-state index in [-0.39, 0.29) is 29.2 Å². The predicted molar refractivity (Wildman–Crippen MR) is 150 cm³/mol. The van der Waals surface area contributed by atoms with Crippen LogP contribution in [0.3, 0.4) is 0 Å². The maximum absolute atomic E-state index is 15.2. The molecule has 2 aliphatic rings. The summed E-state index contributed by atoms with van der Waals surface area (Å²) < 4.78 is 115. The van der Waals surface area contributed by atoms with E-state index >= 15 is 4.39 Å². The monoisotopic (exact) mass is 624 g/mol. The summed E-state index contributed by atoms with van der Waals surface area (Å²) in [6, 6.07) is 7.06. The molecule has 0 radical (unpaired) electrons. The Balaban J connectivity index is 1.19. The van der Waals surface area contributed by atoms with Gasteiger partial charge in [0.1, 0.15) is 17.4 Å². The molecule has 1 aliphatic carbocycles. The summed E-state index contributed by atoms with van der Waals surface area (Å²) in [7, 11) is 0. The maximum atomic E-state index is 15.2. The minimum absolute atomic E-state index is 0.0270. The first-order valence-electron chi connectivity index (χ1n) is 15.1. The molecule has 238 valence electrons. The molecule has 1 heterocycles. The third-order valence-electron chi connectivity index (χ3n) is 8.76. The Labute approximate surface area is 252 Å². The quantitative estimate of drug-likeness (QED) is 0.128. The van der Waals surface area contributed by atoms with Gasteiger partial charge >= 0.3 is 6.11 Å². The number of rotatable bonds is 10. The van der Waals surface area contributed by atoms with Crippen molar-refractivity contribution in [1.29, 1.82) is 0 Å². The topological polar surface area (TPSA) is 27.7 Å². The van der Waals surface area contributed by atoms with E-state index in [9.17, 15) is 26.3 Å². The fourth-order valence-electron chi connectivity index (χ4n) is 6.24. The molecule has 44 heavy (non-hydrogen) atoms. The standard InChI is InChI=1S/C34H35F7O3/c1-2-3-4-5-20-6-8-21(9-7-20)24-18-42-33(43-19-24)23-10-12-26(28(35)15-23)22-11-13-27(29(36)14-22)34(40,41)44-25-16-30(37)32(39)31(38)17-25/h10-17,20-21,24,33H,2-9,18-19H2,1H3. The molecular weight excluding hydrogens is 589 g/mol. The van der Waals surface area contributed by atoms with E-state index in [4.69, 9.17) is 9.47 Å². The highest BCUT2D eigenvalue weighted by atomic mass is 19.3. The zero-order chi connectivity index (χ0) is 31.4. The minimum atomic E-state index is -4.37. The van der Waals surface area contributed by atoms with Crippen molar-refractivity contribution in [3.8, 4) is 16.9 Å². The van der Waals surface area contributed by atoms with Crippen LogP contribution in [0.15, 0.2) is 48.5 Å². The number of ether oxygens (including phenoxy) is 3. The van der Waals surface area contributed by atoms with Crippen LogP contribution in [0.4, 0.5) is 30.7 Å². The van der Waals surface area contributed by atoms with Crippen LogP contribution in [-0.4, -0.2) is 13.2 Å². The molecule has 1 saturated heterocycles. The molecule has 3 nitrogen and oxygen atoms in total. The van der Waals surface area contributed by atoms with Crippen LogP contribution in [0.1, 0.15) is 75.7 Å². The maximum Gasteiger partial charge on any atom is 0.429 e. The molecule has 0 unspecified atom stereocenters. The zero-order valence-electron chi connectivity index (χ0n) is 24.4. The van der Waals surface area contributed by atoms with Gasteiger partial charge in [0.15, 0.2) is 23.7 Å². The van der Waals surface area contributed by atoms with E-state index in [1.807, 2.05) is 0 Å². The SMILES string of the molecule is CCCCCC1CCC(C2COC(c3ccc(-c4ccc(C(F)(F)Oc5cc(F)c(F)c(F)c5)c(F)c4)c(F)c3)OC2)CC1. The highest BCUT2D eigenvalue weighted by Crippen LogP contribution is 2.40. The van der Waals surface area contributed by atoms with Gasteiger partial charge in [-0.1, -0.05) is 63.6 Å². The second-order valence-corrected chi connectivity index (χ2v) is 11.8. The number of benzene rings is 3. The third-order valence-corrected chi connectivity index (χ3v) is 8.76. The molecule has 0 atom stereocenters. The van der Waals surface area contributed by atoms with Crippen molar-refractivity contribution in [2.24, 2.45) is 17.8 Å². The van der Waals surface area contributed by atoms with E-state index in [0.717, 1.165) is 12.0 Å². The highest BCUT2D eigenvalue weighted by Gasteiger charge is 2.38. The first-order valence-corrected chi connectivity index (χ1v) is 15.1. The molecule has 0 bridgehead atoms. The lowest BCUT2D eigenvalue weighted by molar-refractivity contribution is -0.214. The fraction of sp³-hybridized carbons (Fsp3) is 0.471. The Morgan fingerprint density at radius 2 is 1.43 bits per heavy atom. The van der Waals surface area contributed by atoms with E-state index in [2.05, 4.69) is 11.7 Å². The van der Waals surface area contributed by atoms with Gasteiger partial charge in [0, 0.05) is 29.2 Å². The van der Waals surface area contributed by atoms with Crippen LogP contribution >= 0.6 is 0 Å². The van der Waals surface area contributed by atoms with Crippen LogP contribution in [0.5, 0.6) is 5.75 Å². The van der Waals surface area contributed by atoms with Crippen molar-refractivity contribution in [1.82, 2.24) is 0 Å². The lowest BCUT2D eigenvalue weighted by Crippen LogP contribution is -2.34. The second kappa shape index (κ2) is 13.9. The summed E-state index contributed by atoms with van der Waals surface area (Å²) >= 11 is 0. The van der Waals surface area contributed by atoms with Crippen LogP contribution in [-0.2, 0) is 15.6 Å². The van der Waals surface area contributed by atoms with E-state index in [1.54, 1.807) is 6.07 Å². The van der Waals surface area contributed by atoms with E-state index in [0.29, 0.717) is 36.8 Å².